The minimum atomic E-state index is -0.839. The van der Waals surface area contributed by atoms with Crippen molar-refractivity contribution in [3.05, 3.63) is 71.0 Å². The first-order chi connectivity index (χ1) is 20.5. The number of carbonyl (C=O) groups is 3. The number of ketones is 1. The molecule has 3 aliphatic carbocycles. The Kier molecular flexibility index (Phi) is 6.04. The van der Waals surface area contributed by atoms with E-state index in [1.807, 2.05) is 25.1 Å². The zero-order valence-electron chi connectivity index (χ0n) is 25.1. The lowest BCUT2D eigenvalue weighted by atomic mass is 9.42. The molecule has 7 nitrogen and oxygen atoms in total. The number of furan rings is 1. The molecule has 0 radical (unpaired) electrons. The number of allylic oxidation sites excluding steroid dienone is 2. The van der Waals surface area contributed by atoms with E-state index in [0.717, 1.165) is 29.7 Å². The summed E-state index contributed by atoms with van der Waals surface area (Å²) in [5.41, 5.74) is 2.70. The van der Waals surface area contributed by atoms with Gasteiger partial charge in [0, 0.05) is 33.8 Å². The summed E-state index contributed by atoms with van der Waals surface area (Å²) in [6.07, 6.45) is 10.9. The maximum Gasteiger partial charge on any atom is 0.339 e. The van der Waals surface area contributed by atoms with Crippen molar-refractivity contribution in [1.82, 2.24) is 0 Å². The summed E-state index contributed by atoms with van der Waals surface area (Å²) in [5.74, 6) is 2.13. The molecule has 0 unspecified atom stereocenters. The van der Waals surface area contributed by atoms with Gasteiger partial charge in [-0.3, -0.25) is 9.59 Å². The third-order valence-electron chi connectivity index (χ3n) is 11.5. The van der Waals surface area contributed by atoms with Gasteiger partial charge in [0.1, 0.15) is 18.0 Å². The quantitative estimate of drug-likeness (QED) is 0.242. The van der Waals surface area contributed by atoms with E-state index < -0.39 is 28.3 Å². The molecule has 5 aliphatic rings. The number of carbonyl (C=O) groups excluding carboxylic acids is 3. The zero-order chi connectivity index (χ0) is 30.5. The van der Waals surface area contributed by atoms with Crippen LogP contribution in [0.4, 0.5) is 0 Å². The lowest BCUT2D eigenvalue weighted by molar-refractivity contribution is -0.186. The van der Waals surface area contributed by atoms with E-state index in [0.29, 0.717) is 5.56 Å². The number of hydrogen-bond acceptors (Lipinski definition) is 7. The Bertz CT molecular complexity index is 1650. The summed E-state index contributed by atoms with van der Waals surface area (Å²) >= 11 is 0. The largest absolute Gasteiger partial charge is 0.464 e. The van der Waals surface area contributed by atoms with Gasteiger partial charge in [-0.15, -0.1) is 6.42 Å². The van der Waals surface area contributed by atoms with Crippen LogP contribution in [0.2, 0.25) is 0 Å². The fraction of sp³-hybridized carbons (Fsp3) is 0.472. The summed E-state index contributed by atoms with van der Waals surface area (Å²) in [5, 5.41) is 0. The average Bonchev–Trinajstić information content (AvgIpc) is 3.73. The topological polar surface area (TPSA) is 92.0 Å². The van der Waals surface area contributed by atoms with Crippen LogP contribution in [-0.4, -0.2) is 42.6 Å². The van der Waals surface area contributed by atoms with Crippen LogP contribution in [0.15, 0.2) is 64.3 Å². The Balaban J connectivity index is 1.27. The number of ether oxygens (including phenoxy) is 3. The average molecular weight is 581 g/mol. The molecule has 2 aromatic rings. The molecule has 0 N–H and O–H groups in total. The van der Waals surface area contributed by atoms with Crippen LogP contribution >= 0.6 is 0 Å². The summed E-state index contributed by atoms with van der Waals surface area (Å²) in [4.78, 5) is 39.3. The van der Waals surface area contributed by atoms with Crippen LogP contribution in [0.25, 0.3) is 11.3 Å². The second kappa shape index (κ2) is 9.30. The van der Waals surface area contributed by atoms with Crippen molar-refractivity contribution in [3.63, 3.8) is 0 Å². The zero-order valence-corrected chi connectivity index (χ0v) is 25.1. The Morgan fingerprint density at radius 3 is 2.56 bits per heavy atom. The summed E-state index contributed by atoms with van der Waals surface area (Å²) in [7, 11) is 0. The van der Waals surface area contributed by atoms with E-state index in [4.69, 9.17) is 25.1 Å². The van der Waals surface area contributed by atoms with Gasteiger partial charge in [0.25, 0.3) is 0 Å². The normalized spacial score (nSPS) is 38.8. The molecule has 9 atom stereocenters. The fourth-order valence-electron chi connectivity index (χ4n) is 9.86. The van der Waals surface area contributed by atoms with Gasteiger partial charge in [0.2, 0.25) is 0 Å². The molecule has 1 saturated carbocycles. The first-order valence-corrected chi connectivity index (χ1v) is 15.1. The van der Waals surface area contributed by atoms with Crippen molar-refractivity contribution < 1.29 is 33.0 Å². The van der Waals surface area contributed by atoms with Crippen molar-refractivity contribution in [3.8, 4) is 23.7 Å². The second-order valence-electron chi connectivity index (χ2n) is 13.3. The highest BCUT2D eigenvalue weighted by Crippen LogP contribution is 2.72. The minimum absolute atomic E-state index is 0.0307. The maximum absolute atomic E-state index is 13.8. The van der Waals surface area contributed by atoms with Gasteiger partial charge in [-0.05, 0) is 56.0 Å². The molecule has 7 heteroatoms. The van der Waals surface area contributed by atoms with E-state index in [9.17, 15) is 14.4 Å². The molecule has 3 fully saturated rings. The van der Waals surface area contributed by atoms with E-state index in [1.54, 1.807) is 30.5 Å². The highest BCUT2D eigenvalue weighted by Gasteiger charge is 2.77. The smallest absolute Gasteiger partial charge is 0.339 e. The van der Waals surface area contributed by atoms with Gasteiger partial charge in [0.05, 0.1) is 23.3 Å². The highest BCUT2D eigenvalue weighted by atomic mass is 16.6. The Morgan fingerprint density at radius 2 is 1.86 bits per heavy atom. The van der Waals surface area contributed by atoms with E-state index >= 15 is 0 Å². The van der Waals surface area contributed by atoms with Gasteiger partial charge < -0.3 is 18.6 Å². The summed E-state index contributed by atoms with van der Waals surface area (Å²) in [6, 6.07) is 9.13. The van der Waals surface area contributed by atoms with Crippen molar-refractivity contribution >= 4 is 17.7 Å². The standard InChI is InChI=1S/C36H36O7/c1-7-16-41-32(38)21-11-9-20(10-12-21)28-22(14-17-40-28)23-18-24-27(19(23)3)36(6)25(8-2)35(5)26(37)13-15-34(4)30(35)29(31(36)42-24)43-33(34)39/h1,9-15,17,23-25,29-31H,8,16,18H2,2-6H3/t23-,24-,25-,29-,30+,31-,34-,35+,36-/m1/s1. The second-order valence-corrected chi connectivity index (χ2v) is 13.3. The molecule has 1 aromatic heterocycles. The number of terminal acetylenes is 1. The molecular formula is C36H36O7. The number of rotatable bonds is 5. The molecule has 0 amide bonds. The van der Waals surface area contributed by atoms with Crippen molar-refractivity contribution in [2.75, 3.05) is 6.61 Å². The first-order valence-electron chi connectivity index (χ1n) is 15.1. The van der Waals surface area contributed by atoms with Gasteiger partial charge >= 0.3 is 11.9 Å². The SMILES string of the molecule is C#CCOC(=O)c1ccc(-c2occc2[C@@H]2C[C@H]3O[C@@H]4[C@@H]5OC(=O)[C@]6(C)C=CC(=O)[C@](C)([C@@H](CC)[C@]4(C)C3=C2C)[C@@H]56)cc1. The van der Waals surface area contributed by atoms with Crippen LogP contribution in [0.1, 0.15) is 69.3 Å². The molecule has 3 heterocycles. The van der Waals surface area contributed by atoms with E-state index in [-0.39, 0.29) is 48.3 Å². The van der Waals surface area contributed by atoms with Gasteiger partial charge in [-0.2, -0.15) is 0 Å². The van der Waals surface area contributed by atoms with Crippen LogP contribution < -0.4 is 0 Å². The highest BCUT2D eigenvalue weighted by molar-refractivity contribution is 6.00. The van der Waals surface area contributed by atoms with Gasteiger partial charge in [-0.1, -0.05) is 56.9 Å². The van der Waals surface area contributed by atoms with Crippen molar-refractivity contribution in [2.24, 2.45) is 28.1 Å². The van der Waals surface area contributed by atoms with Gasteiger partial charge in [-0.25, -0.2) is 4.79 Å². The third kappa shape index (κ3) is 3.44. The molecular weight excluding hydrogens is 544 g/mol. The van der Waals surface area contributed by atoms with E-state index in [1.165, 1.54) is 11.1 Å². The first kappa shape index (κ1) is 27.9. The number of hydrogen-bond donors (Lipinski definition) is 0. The molecule has 2 saturated heterocycles. The Morgan fingerprint density at radius 1 is 1.12 bits per heavy atom. The fourth-order valence-corrected chi connectivity index (χ4v) is 9.86. The lowest BCUT2D eigenvalue weighted by Gasteiger charge is -2.59. The molecule has 7 rings (SSSR count). The van der Waals surface area contributed by atoms with Crippen molar-refractivity contribution in [1.29, 1.82) is 0 Å². The van der Waals surface area contributed by atoms with Gasteiger partial charge in [0.15, 0.2) is 12.4 Å². The van der Waals surface area contributed by atoms with Crippen LogP contribution in [0.3, 0.4) is 0 Å². The van der Waals surface area contributed by atoms with Crippen LogP contribution in [0, 0.1) is 40.4 Å². The monoisotopic (exact) mass is 580 g/mol. The Hall–Kier alpha value is -3.89. The summed E-state index contributed by atoms with van der Waals surface area (Å²) in [6.45, 7) is 10.5. The predicted octanol–water partition coefficient (Wildman–Crippen LogP) is 6.05. The molecule has 0 bridgehead atoms. The van der Waals surface area contributed by atoms with Crippen molar-refractivity contribution in [2.45, 2.75) is 71.7 Å². The van der Waals surface area contributed by atoms with Crippen LogP contribution in [0.5, 0.6) is 0 Å². The van der Waals surface area contributed by atoms with Crippen LogP contribution in [-0.2, 0) is 23.8 Å². The molecule has 0 spiro atoms. The maximum atomic E-state index is 13.8. The summed E-state index contributed by atoms with van der Waals surface area (Å²) < 4.78 is 24.1. The third-order valence-corrected chi connectivity index (χ3v) is 11.5. The molecule has 1 aromatic carbocycles. The number of benzene rings is 1. The number of esters is 2. The van der Waals surface area contributed by atoms with E-state index in [2.05, 4.69) is 33.6 Å². The predicted molar refractivity (Wildman–Crippen MR) is 158 cm³/mol. The Labute approximate surface area is 251 Å². The lowest BCUT2D eigenvalue weighted by Crippen LogP contribution is -2.65. The molecule has 43 heavy (non-hydrogen) atoms. The molecule has 2 aliphatic heterocycles. The molecule has 222 valence electrons. The minimum Gasteiger partial charge on any atom is -0.464 e. The number of fused-ring (bicyclic) bond motifs is 4.